The van der Waals surface area contributed by atoms with Crippen LogP contribution in [0.1, 0.15) is 84.5 Å². The summed E-state index contributed by atoms with van der Waals surface area (Å²) in [7, 11) is 1.35. The number of carbonyl (C=O) groups excluding carboxylic acids is 3. The summed E-state index contributed by atoms with van der Waals surface area (Å²) in [5, 5.41) is 0. The van der Waals surface area contributed by atoms with Crippen molar-refractivity contribution in [1.82, 2.24) is 0 Å². The van der Waals surface area contributed by atoms with E-state index in [0.717, 1.165) is 25.3 Å². The Morgan fingerprint density at radius 2 is 1.89 bits per heavy atom. The molecular formula is C28H42F2O7. The number of ketones is 1. The van der Waals surface area contributed by atoms with Gasteiger partial charge in [0, 0.05) is 44.6 Å². The highest BCUT2D eigenvalue weighted by Crippen LogP contribution is 2.41. The standard InChI is InChI=1S/C28H42F2O7/c1-4-5-17-28(29,30)25(32)16-15-22-21(12-8-6-7-9-13-26(33)34-3)23(36-20(2)31)19-24(22)37-27-14-10-11-18-35-27/h6,8,15-16,21-24,27H,4-5,7,9-14,17-19H2,1-3H3/t21-,22-,23+,24-,27?/m1/s1. The molecule has 0 aromatic rings. The van der Waals surface area contributed by atoms with Crippen LogP contribution in [0, 0.1) is 11.8 Å². The molecule has 1 heterocycles. The van der Waals surface area contributed by atoms with Crippen LogP contribution in [0.15, 0.2) is 24.3 Å². The second-order valence-corrected chi connectivity index (χ2v) is 9.80. The fraction of sp³-hybridized carbons (Fsp3) is 0.750. The average Bonchev–Trinajstić information content (AvgIpc) is 3.18. The molecule has 1 saturated carbocycles. The lowest BCUT2D eigenvalue weighted by molar-refractivity contribution is -0.193. The van der Waals surface area contributed by atoms with E-state index in [1.807, 2.05) is 12.2 Å². The van der Waals surface area contributed by atoms with Gasteiger partial charge in [0.2, 0.25) is 5.78 Å². The molecule has 0 N–H and O–H groups in total. The number of esters is 2. The van der Waals surface area contributed by atoms with Gasteiger partial charge in [-0.3, -0.25) is 14.4 Å². The Morgan fingerprint density at radius 3 is 2.54 bits per heavy atom. The van der Waals surface area contributed by atoms with E-state index in [1.165, 1.54) is 20.1 Å². The summed E-state index contributed by atoms with van der Waals surface area (Å²) in [6.07, 6.45) is 10.5. The van der Waals surface area contributed by atoms with Crippen molar-refractivity contribution in [3.05, 3.63) is 24.3 Å². The van der Waals surface area contributed by atoms with Crippen LogP contribution in [0.4, 0.5) is 8.78 Å². The number of methoxy groups -OCH3 is 1. The summed E-state index contributed by atoms with van der Waals surface area (Å²) >= 11 is 0. The minimum absolute atomic E-state index is 0.261. The number of alkyl halides is 2. The maximum atomic E-state index is 14.3. The summed E-state index contributed by atoms with van der Waals surface area (Å²) in [4.78, 5) is 35.5. The SMILES string of the molecule is CCCCC(F)(F)C(=O)C=C[C@@H]1[C@@H](CC=CCCCC(=O)OC)[C@@H](OC(C)=O)C[C@H]1OC1CCCCO1. The first-order chi connectivity index (χ1) is 17.7. The topological polar surface area (TPSA) is 88.1 Å². The van der Waals surface area contributed by atoms with Gasteiger partial charge in [-0.25, -0.2) is 0 Å². The van der Waals surface area contributed by atoms with E-state index in [9.17, 15) is 23.2 Å². The quantitative estimate of drug-likeness (QED) is 0.116. The van der Waals surface area contributed by atoms with Crippen LogP contribution < -0.4 is 0 Å². The van der Waals surface area contributed by atoms with Gasteiger partial charge in [0.15, 0.2) is 6.29 Å². The fourth-order valence-electron chi connectivity index (χ4n) is 4.85. The molecule has 1 unspecified atom stereocenters. The van der Waals surface area contributed by atoms with Crippen molar-refractivity contribution in [1.29, 1.82) is 0 Å². The molecule has 7 nitrogen and oxygen atoms in total. The van der Waals surface area contributed by atoms with Gasteiger partial charge in [0.25, 0.3) is 0 Å². The van der Waals surface area contributed by atoms with Crippen molar-refractivity contribution in [3.8, 4) is 0 Å². The molecule has 2 fully saturated rings. The van der Waals surface area contributed by atoms with Crippen molar-refractivity contribution >= 4 is 17.7 Å². The van der Waals surface area contributed by atoms with Crippen LogP contribution in [0.3, 0.4) is 0 Å². The fourth-order valence-corrected chi connectivity index (χ4v) is 4.85. The Hall–Kier alpha value is -2.13. The van der Waals surface area contributed by atoms with E-state index in [4.69, 9.17) is 14.2 Å². The number of carbonyl (C=O) groups is 3. The molecule has 9 heteroatoms. The molecule has 0 amide bonds. The highest BCUT2D eigenvalue weighted by atomic mass is 19.3. The Bertz CT molecular complexity index is 789. The van der Waals surface area contributed by atoms with Gasteiger partial charge in [-0.2, -0.15) is 8.78 Å². The third-order valence-electron chi connectivity index (χ3n) is 6.88. The van der Waals surface area contributed by atoms with Gasteiger partial charge in [-0.1, -0.05) is 31.6 Å². The Morgan fingerprint density at radius 1 is 1.11 bits per heavy atom. The molecule has 2 rings (SSSR count). The molecule has 1 aliphatic heterocycles. The molecule has 1 aliphatic carbocycles. The maximum absolute atomic E-state index is 14.3. The minimum Gasteiger partial charge on any atom is -0.469 e. The van der Waals surface area contributed by atoms with Crippen molar-refractivity contribution in [2.45, 2.75) is 109 Å². The van der Waals surface area contributed by atoms with Crippen LogP contribution in [0.2, 0.25) is 0 Å². The van der Waals surface area contributed by atoms with Gasteiger partial charge in [0.05, 0.1) is 13.2 Å². The average molecular weight is 529 g/mol. The number of hydrogen-bond donors (Lipinski definition) is 0. The van der Waals surface area contributed by atoms with E-state index >= 15 is 0 Å². The molecule has 1 saturated heterocycles. The van der Waals surface area contributed by atoms with E-state index in [1.54, 1.807) is 6.92 Å². The van der Waals surface area contributed by atoms with Gasteiger partial charge < -0.3 is 18.9 Å². The summed E-state index contributed by atoms with van der Waals surface area (Å²) in [6, 6.07) is 0. The lowest BCUT2D eigenvalue weighted by Crippen LogP contribution is -2.31. The highest BCUT2D eigenvalue weighted by molar-refractivity contribution is 5.95. The summed E-state index contributed by atoms with van der Waals surface area (Å²) < 4.78 is 50.9. The number of hydrogen-bond acceptors (Lipinski definition) is 7. The van der Waals surface area contributed by atoms with Crippen LogP contribution >= 0.6 is 0 Å². The Balaban J connectivity index is 2.19. The summed E-state index contributed by atoms with van der Waals surface area (Å²) in [5.74, 6) is -6.02. The molecule has 0 radical (unpaired) electrons. The monoisotopic (exact) mass is 528 g/mol. The molecule has 0 spiro atoms. The molecule has 5 atom stereocenters. The molecule has 0 aromatic carbocycles. The Kier molecular flexibility index (Phi) is 13.4. The number of unbranched alkanes of at least 4 members (excludes halogenated alkanes) is 2. The smallest absolute Gasteiger partial charge is 0.309 e. The van der Waals surface area contributed by atoms with Gasteiger partial charge in [0.1, 0.15) is 6.10 Å². The number of ether oxygens (including phenoxy) is 4. The normalized spacial score (nSPS) is 26.6. The lowest BCUT2D eigenvalue weighted by atomic mass is 9.89. The van der Waals surface area contributed by atoms with Crippen LogP contribution in [-0.4, -0.2) is 55.9 Å². The largest absolute Gasteiger partial charge is 0.469 e. The summed E-state index contributed by atoms with van der Waals surface area (Å²) in [6.45, 7) is 3.72. The lowest BCUT2D eigenvalue weighted by Gasteiger charge is -2.29. The number of allylic oxidation sites excluding steroid dienone is 3. The van der Waals surface area contributed by atoms with Gasteiger partial charge in [-0.15, -0.1) is 0 Å². The highest BCUT2D eigenvalue weighted by Gasteiger charge is 2.45. The van der Waals surface area contributed by atoms with E-state index in [2.05, 4.69) is 4.74 Å². The minimum atomic E-state index is -3.42. The van der Waals surface area contributed by atoms with Crippen molar-refractivity contribution in [3.63, 3.8) is 0 Å². The van der Waals surface area contributed by atoms with Gasteiger partial charge in [-0.05, 0) is 51.0 Å². The second kappa shape index (κ2) is 16.0. The first-order valence-electron chi connectivity index (χ1n) is 13.4. The van der Waals surface area contributed by atoms with Crippen LogP contribution in [0.25, 0.3) is 0 Å². The van der Waals surface area contributed by atoms with E-state index < -0.39 is 48.5 Å². The summed E-state index contributed by atoms with van der Waals surface area (Å²) in [5.41, 5.74) is 0. The number of rotatable bonds is 15. The van der Waals surface area contributed by atoms with Crippen molar-refractivity contribution < 1.29 is 42.1 Å². The Labute approximate surface area is 218 Å². The van der Waals surface area contributed by atoms with E-state index in [0.29, 0.717) is 45.1 Å². The predicted molar refractivity (Wildman–Crippen MR) is 134 cm³/mol. The third kappa shape index (κ3) is 10.6. The molecule has 2 aliphatic rings. The second-order valence-electron chi connectivity index (χ2n) is 9.80. The zero-order valence-corrected chi connectivity index (χ0v) is 22.3. The zero-order valence-electron chi connectivity index (χ0n) is 22.3. The molecule has 0 bridgehead atoms. The number of halogens is 2. The zero-order chi connectivity index (χ0) is 27.3. The molecule has 210 valence electrons. The molecular weight excluding hydrogens is 486 g/mol. The first-order valence-corrected chi connectivity index (χ1v) is 13.4. The van der Waals surface area contributed by atoms with Crippen molar-refractivity contribution in [2.75, 3.05) is 13.7 Å². The first kappa shape index (κ1) is 31.1. The van der Waals surface area contributed by atoms with Crippen molar-refractivity contribution in [2.24, 2.45) is 11.8 Å². The predicted octanol–water partition coefficient (Wildman–Crippen LogP) is 5.71. The third-order valence-corrected chi connectivity index (χ3v) is 6.88. The van der Waals surface area contributed by atoms with Crippen LogP contribution in [0.5, 0.6) is 0 Å². The molecule has 37 heavy (non-hydrogen) atoms. The maximum Gasteiger partial charge on any atom is 0.309 e. The van der Waals surface area contributed by atoms with Gasteiger partial charge >= 0.3 is 17.9 Å². The molecule has 0 aromatic heterocycles. The van der Waals surface area contributed by atoms with E-state index in [-0.39, 0.29) is 18.3 Å². The van der Waals surface area contributed by atoms with Crippen LogP contribution in [-0.2, 0) is 33.3 Å².